The number of hydrogen-bond donors (Lipinski definition) is 1. The smallest absolute Gasteiger partial charge is 0.341 e. The molecule has 1 aliphatic carbocycles. The first-order valence-corrected chi connectivity index (χ1v) is 9.29. The Hall–Kier alpha value is -1.56. The fourth-order valence-electron chi connectivity index (χ4n) is 4.45. The van der Waals surface area contributed by atoms with E-state index in [1.54, 1.807) is 6.07 Å². The minimum absolute atomic E-state index is 0.0274. The van der Waals surface area contributed by atoms with E-state index in [1.807, 2.05) is 18.7 Å². The summed E-state index contributed by atoms with van der Waals surface area (Å²) in [5.41, 5.74) is 4.97. The molecule has 3 rings (SSSR count). The van der Waals surface area contributed by atoms with E-state index in [2.05, 4.69) is 0 Å². The van der Waals surface area contributed by atoms with Gasteiger partial charge in [-0.1, -0.05) is 44.9 Å². The third kappa shape index (κ3) is 3.36. The summed E-state index contributed by atoms with van der Waals surface area (Å²) in [6, 6.07) is 5.37. The topological polar surface area (TPSA) is 46.3 Å². The van der Waals surface area contributed by atoms with Crippen molar-refractivity contribution >= 4 is 5.91 Å². The van der Waals surface area contributed by atoms with E-state index in [0.717, 1.165) is 25.3 Å². The lowest BCUT2D eigenvalue weighted by atomic mass is 9.74. The largest absolute Gasteiger partial charge is 0.416 e. The molecule has 1 amide bonds. The van der Waals surface area contributed by atoms with Gasteiger partial charge in [-0.05, 0) is 36.3 Å². The quantitative estimate of drug-likeness (QED) is 0.854. The number of piperidine rings is 1. The van der Waals surface area contributed by atoms with Crippen molar-refractivity contribution in [3.8, 4) is 0 Å². The molecular formula is C20H27F3N2O. The van der Waals surface area contributed by atoms with E-state index in [1.165, 1.54) is 12.1 Å². The van der Waals surface area contributed by atoms with Crippen LogP contribution < -0.4 is 5.73 Å². The van der Waals surface area contributed by atoms with E-state index in [9.17, 15) is 18.0 Å². The van der Waals surface area contributed by atoms with Crippen LogP contribution in [0.2, 0.25) is 0 Å². The van der Waals surface area contributed by atoms with Gasteiger partial charge < -0.3 is 10.6 Å². The van der Waals surface area contributed by atoms with Crippen LogP contribution in [0, 0.1) is 5.41 Å². The molecule has 144 valence electrons. The average Bonchev–Trinajstić information content (AvgIpc) is 3.07. The van der Waals surface area contributed by atoms with Gasteiger partial charge in [-0.25, -0.2) is 0 Å². The monoisotopic (exact) mass is 368 g/mol. The molecule has 2 N–H and O–H groups in total. The van der Waals surface area contributed by atoms with Gasteiger partial charge >= 0.3 is 6.18 Å². The molecule has 1 aromatic rings. The molecule has 0 aromatic heterocycles. The Labute approximate surface area is 152 Å². The first-order chi connectivity index (χ1) is 12.1. The minimum atomic E-state index is -4.40. The Bertz CT molecular complexity index is 678. The summed E-state index contributed by atoms with van der Waals surface area (Å²) < 4.78 is 39.5. The number of amides is 1. The van der Waals surface area contributed by atoms with Gasteiger partial charge in [0.05, 0.1) is 11.0 Å². The normalized spacial score (nSPS) is 25.3. The highest BCUT2D eigenvalue weighted by Gasteiger charge is 2.48. The van der Waals surface area contributed by atoms with Crippen LogP contribution in [0.4, 0.5) is 13.2 Å². The summed E-state index contributed by atoms with van der Waals surface area (Å²) in [5, 5.41) is 0. The molecule has 3 nitrogen and oxygen atoms in total. The van der Waals surface area contributed by atoms with Gasteiger partial charge in [-0.3, -0.25) is 4.79 Å². The third-order valence-corrected chi connectivity index (χ3v) is 6.21. The fourth-order valence-corrected chi connectivity index (χ4v) is 4.45. The van der Waals surface area contributed by atoms with Crippen molar-refractivity contribution in [2.45, 2.75) is 63.6 Å². The number of nitrogens with zero attached hydrogens (tertiary/aromatic N) is 1. The Morgan fingerprint density at radius 1 is 1.23 bits per heavy atom. The van der Waals surface area contributed by atoms with Gasteiger partial charge in [0, 0.05) is 19.1 Å². The molecule has 1 aromatic carbocycles. The Balaban J connectivity index is 1.95. The number of halogens is 3. The lowest BCUT2D eigenvalue weighted by Gasteiger charge is -2.45. The molecule has 1 unspecified atom stereocenters. The number of carbonyl (C=O) groups is 1. The summed E-state index contributed by atoms with van der Waals surface area (Å²) in [7, 11) is 0. The maximum absolute atomic E-state index is 13.5. The van der Waals surface area contributed by atoms with Gasteiger partial charge in [0.1, 0.15) is 0 Å². The van der Waals surface area contributed by atoms with Crippen LogP contribution in [0.25, 0.3) is 0 Å². The molecule has 0 spiro atoms. The number of likely N-dealkylation sites (tertiary alicyclic amines) is 1. The molecule has 1 saturated heterocycles. The zero-order chi connectivity index (χ0) is 19.2. The van der Waals surface area contributed by atoms with Crippen LogP contribution in [0.5, 0.6) is 0 Å². The van der Waals surface area contributed by atoms with Crippen LogP contribution in [0.15, 0.2) is 24.3 Å². The predicted molar refractivity (Wildman–Crippen MR) is 94.5 cm³/mol. The number of rotatable bonds is 2. The Morgan fingerprint density at radius 2 is 1.88 bits per heavy atom. The molecular weight excluding hydrogens is 341 g/mol. The van der Waals surface area contributed by atoms with E-state index in [4.69, 9.17) is 5.73 Å². The first-order valence-electron chi connectivity index (χ1n) is 9.29. The summed E-state index contributed by atoms with van der Waals surface area (Å²) in [5.74, 6) is -0.0331. The maximum atomic E-state index is 13.5. The van der Waals surface area contributed by atoms with Gasteiger partial charge in [0.2, 0.25) is 5.91 Å². The summed E-state index contributed by atoms with van der Waals surface area (Å²) >= 11 is 0. The Kier molecular flexibility index (Phi) is 4.84. The zero-order valence-corrected chi connectivity index (χ0v) is 15.4. The Morgan fingerprint density at radius 3 is 2.46 bits per heavy atom. The molecule has 2 fully saturated rings. The maximum Gasteiger partial charge on any atom is 0.416 e. The molecule has 6 heteroatoms. The molecule has 1 heterocycles. The molecule has 0 bridgehead atoms. The van der Waals surface area contributed by atoms with Crippen molar-refractivity contribution in [3.05, 3.63) is 35.4 Å². The number of benzene rings is 1. The van der Waals surface area contributed by atoms with Gasteiger partial charge in [-0.15, -0.1) is 0 Å². The highest BCUT2D eigenvalue weighted by atomic mass is 19.4. The van der Waals surface area contributed by atoms with Gasteiger partial charge in [0.25, 0.3) is 0 Å². The standard InChI is InChI=1S/C20H27F3N2O/c1-18(2)13-25(11-8-16(18)24)17(26)19(9-3-4-10-19)14-6-5-7-15(12-14)20(21,22)23/h5-7,12,16H,3-4,8-11,13,24H2,1-2H3. The summed E-state index contributed by atoms with van der Waals surface area (Å²) in [6.07, 6.45) is -0.750. The number of alkyl halides is 3. The molecule has 1 aliphatic heterocycles. The molecule has 2 aliphatic rings. The van der Waals surface area contributed by atoms with Crippen LogP contribution >= 0.6 is 0 Å². The van der Waals surface area contributed by atoms with E-state index in [-0.39, 0.29) is 17.4 Å². The zero-order valence-electron chi connectivity index (χ0n) is 15.4. The van der Waals surface area contributed by atoms with Crippen LogP contribution in [0.3, 0.4) is 0 Å². The van der Waals surface area contributed by atoms with Crippen molar-refractivity contribution in [2.75, 3.05) is 13.1 Å². The van der Waals surface area contributed by atoms with Crippen molar-refractivity contribution in [1.82, 2.24) is 4.90 Å². The van der Waals surface area contributed by atoms with Gasteiger partial charge in [-0.2, -0.15) is 13.2 Å². The highest BCUT2D eigenvalue weighted by molar-refractivity contribution is 5.89. The second kappa shape index (κ2) is 6.55. The summed E-state index contributed by atoms with van der Waals surface area (Å²) in [4.78, 5) is 15.3. The van der Waals surface area contributed by atoms with E-state index in [0.29, 0.717) is 31.5 Å². The second-order valence-electron chi connectivity index (χ2n) is 8.48. The molecule has 1 atom stereocenters. The summed E-state index contributed by atoms with van der Waals surface area (Å²) in [6.45, 7) is 5.21. The average molecular weight is 368 g/mol. The minimum Gasteiger partial charge on any atom is -0.341 e. The van der Waals surface area contributed by atoms with Gasteiger partial charge in [0.15, 0.2) is 0 Å². The molecule has 26 heavy (non-hydrogen) atoms. The lowest BCUT2D eigenvalue weighted by molar-refractivity contribution is -0.141. The van der Waals surface area contributed by atoms with Crippen LogP contribution in [-0.2, 0) is 16.4 Å². The second-order valence-corrected chi connectivity index (χ2v) is 8.48. The third-order valence-electron chi connectivity index (χ3n) is 6.21. The first kappa shape index (κ1) is 19.2. The molecule has 0 radical (unpaired) electrons. The fraction of sp³-hybridized carbons (Fsp3) is 0.650. The lowest BCUT2D eigenvalue weighted by Crippen LogP contribution is -2.57. The molecule has 1 saturated carbocycles. The number of nitrogens with two attached hydrogens (primary N) is 1. The number of hydrogen-bond acceptors (Lipinski definition) is 2. The number of carbonyl (C=O) groups excluding carboxylic acids is 1. The highest BCUT2D eigenvalue weighted by Crippen LogP contribution is 2.45. The van der Waals surface area contributed by atoms with E-state index < -0.39 is 17.2 Å². The van der Waals surface area contributed by atoms with Crippen LogP contribution in [0.1, 0.15) is 57.1 Å². The van der Waals surface area contributed by atoms with Crippen molar-refractivity contribution in [3.63, 3.8) is 0 Å². The van der Waals surface area contributed by atoms with Crippen molar-refractivity contribution in [1.29, 1.82) is 0 Å². The van der Waals surface area contributed by atoms with E-state index >= 15 is 0 Å². The SMILES string of the molecule is CC1(C)CN(C(=O)C2(c3cccc(C(F)(F)F)c3)CCCC2)CCC1N. The predicted octanol–water partition coefficient (Wildman–Crippen LogP) is 4.10. The van der Waals surface area contributed by atoms with Crippen LogP contribution in [-0.4, -0.2) is 29.9 Å². The van der Waals surface area contributed by atoms with Crippen molar-refractivity contribution in [2.24, 2.45) is 11.1 Å². The van der Waals surface area contributed by atoms with Crippen molar-refractivity contribution < 1.29 is 18.0 Å².